The Hall–Kier alpha value is -2.67. The maximum atomic E-state index is 12.9. The molecule has 2 heterocycles. The summed E-state index contributed by atoms with van der Waals surface area (Å²) in [6.45, 7) is 3.38. The van der Waals surface area contributed by atoms with Crippen LogP contribution in [-0.2, 0) is 9.53 Å². The number of pyridine rings is 1. The lowest BCUT2D eigenvalue weighted by molar-refractivity contribution is -0.126. The smallest absolute Gasteiger partial charge is 0.322 e. The molecule has 1 aromatic heterocycles. The first-order chi connectivity index (χ1) is 13.1. The van der Waals surface area contributed by atoms with Crippen LogP contribution in [0.25, 0.3) is 10.9 Å². The molecule has 0 aliphatic carbocycles. The molecule has 0 unspecified atom stereocenters. The number of hydrogen-bond donors (Lipinski definition) is 2. The first-order valence-corrected chi connectivity index (χ1v) is 9.28. The number of ether oxygens (including phenoxy) is 1. The molecule has 2 atom stereocenters. The highest BCUT2D eigenvalue weighted by Crippen LogP contribution is 2.25. The van der Waals surface area contributed by atoms with Gasteiger partial charge in [0.1, 0.15) is 0 Å². The van der Waals surface area contributed by atoms with Gasteiger partial charge < -0.3 is 20.3 Å². The standard InChI is InChI=1S/C20H26N4O3/c1-14-8-9-16(19(25)22-11-12-27-2)13-24(14)20(26)23-17-7-3-5-15-6-4-10-21-18(15)17/h3-7,10,14,16H,8-9,11-13H2,1-2H3,(H,22,25)(H,23,26)/t14-,16+/m0/s1. The number of carbonyl (C=O) groups excluding carboxylic acids is 2. The quantitative estimate of drug-likeness (QED) is 0.793. The molecule has 3 amide bonds. The fourth-order valence-corrected chi connectivity index (χ4v) is 3.42. The number of para-hydroxylation sites is 1. The monoisotopic (exact) mass is 370 g/mol. The maximum Gasteiger partial charge on any atom is 0.322 e. The van der Waals surface area contributed by atoms with Crippen LogP contribution in [-0.4, -0.2) is 54.7 Å². The van der Waals surface area contributed by atoms with E-state index in [0.29, 0.717) is 25.4 Å². The van der Waals surface area contributed by atoms with Crippen molar-refractivity contribution in [3.8, 4) is 0 Å². The molecule has 7 heteroatoms. The molecule has 1 aliphatic rings. The third kappa shape index (κ3) is 4.54. The number of amides is 3. The van der Waals surface area contributed by atoms with E-state index in [1.54, 1.807) is 18.2 Å². The third-order valence-electron chi connectivity index (χ3n) is 4.99. The Morgan fingerprint density at radius 3 is 2.89 bits per heavy atom. The van der Waals surface area contributed by atoms with Crippen molar-refractivity contribution in [2.75, 3.05) is 32.1 Å². The van der Waals surface area contributed by atoms with Gasteiger partial charge in [0.25, 0.3) is 0 Å². The number of benzene rings is 1. The second-order valence-corrected chi connectivity index (χ2v) is 6.87. The van der Waals surface area contributed by atoms with Crippen LogP contribution in [0.5, 0.6) is 0 Å². The topological polar surface area (TPSA) is 83.6 Å². The van der Waals surface area contributed by atoms with E-state index in [1.165, 1.54) is 0 Å². The third-order valence-corrected chi connectivity index (χ3v) is 4.99. The van der Waals surface area contributed by atoms with Crippen molar-refractivity contribution in [3.05, 3.63) is 36.5 Å². The molecule has 0 radical (unpaired) electrons. The molecule has 27 heavy (non-hydrogen) atoms. The van der Waals surface area contributed by atoms with Gasteiger partial charge in [-0.1, -0.05) is 18.2 Å². The zero-order valence-corrected chi connectivity index (χ0v) is 15.8. The van der Waals surface area contributed by atoms with Gasteiger partial charge in [0.05, 0.1) is 23.7 Å². The van der Waals surface area contributed by atoms with Gasteiger partial charge >= 0.3 is 6.03 Å². The minimum atomic E-state index is -0.200. The fourth-order valence-electron chi connectivity index (χ4n) is 3.42. The number of piperidine rings is 1. The van der Waals surface area contributed by atoms with Crippen molar-refractivity contribution in [1.29, 1.82) is 0 Å². The highest BCUT2D eigenvalue weighted by molar-refractivity contribution is 5.99. The number of carbonyl (C=O) groups is 2. The van der Waals surface area contributed by atoms with E-state index in [4.69, 9.17) is 4.74 Å². The first kappa shape index (κ1) is 19.1. The molecule has 1 aliphatic heterocycles. The van der Waals surface area contributed by atoms with Gasteiger partial charge in [-0.3, -0.25) is 9.78 Å². The summed E-state index contributed by atoms with van der Waals surface area (Å²) in [7, 11) is 1.60. The number of likely N-dealkylation sites (tertiary alicyclic amines) is 1. The lowest BCUT2D eigenvalue weighted by Crippen LogP contribution is -2.51. The van der Waals surface area contributed by atoms with E-state index in [2.05, 4.69) is 15.6 Å². The molecular weight excluding hydrogens is 344 g/mol. The van der Waals surface area contributed by atoms with Crippen molar-refractivity contribution in [1.82, 2.24) is 15.2 Å². The number of fused-ring (bicyclic) bond motifs is 1. The Labute approximate surface area is 159 Å². The van der Waals surface area contributed by atoms with E-state index < -0.39 is 0 Å². The molecule has 0 spiro atoms. The molecule has 0 bridgehead atoms. The summed E-state index contributed by atoms with van der Waals surface area (Å²) in [6, 6.07) is 9.41. The van der Waals surface area contributed by atoms with Crippen molar-refractivity contribution < 1.29 is 14.3 Å². The summed E-state index contributed by atoms with van der Waals surface area (Å²) >= 11 is 0. The highest BCUT2D eigenvalue weighted by Gasteiger charge is 2.32. The van der Waals surface area contributed by atoms with Gasteiger partial charge in [-0.2, -0.15) is 0 Å². The van der Waals surface area contributed by atoms with Gasteiger partial charge in [-0.25, -0.2) is 4.79 Å². The van der Waals surface area contributed by atoms with Crippen LogP contribution < -0.4 is 10.6 Å². The lowest BCUT2D eigenvalue weighted by atomic mass is 9.93. The lowest BCUT2D eigenvalue weighted by Gasteiger charge is -2.37. The normalized spacial score (nSPS) is 19.7. The molecule has 0 saturated carbocycles. The number of rotatable bonds is 5. The van der Waals surface area contributed by atoms with Crippen molar-refractivity contribution >= 4 is 28.5 Å². The molecule has 2 N–H and O–H groups in total. The average molecular weight is 370 g/mol. The number of methoxy groups -OCH3 is 1. The summed E-state index contributed by atoms with van der Waals surface area (Å²) < 4.78 is 4.96. The molecule has 1 fully saturated rings. The summed E-state index contributed by atoms with van der Waals surface area (Å²) in [4.78, 5) is 31.3. The van der Waals surface area contributed by atoms with Crippen LogP contribution in [0.1, 0.15) is 19.8 Å². The Kier molecular flexibility index (Phi) is 6.24. The predicted molar refractivity (Wildman–Crippen MR) is 105 cm³/mol. The summed E-state index contributed by atoms with van der Waals surface area (Å²) in [5, 5.41) is 6.81. The summed E-state index contributed by atoms with van der Waals surface area (Å²) in [5.74, 6) is -0.224. The number of nitrogens with one attached hydrogen (secondary N) is 2. The van der Waals surface area contributed by atoms with E-state index >= 15 is 0 Å². The summed E-state index contributed by atoms with van der Waals surface area (Å²) in [5.41, 5.74) is 1.43. The van der Waals surface area contributed by atoms with Gasteiger partial charge in [0.15, 0.2) is 0 Å². The van der Waals surface area contributed by atoms with Crippen LogP contribution in [0.2, 0.25) is 0 Å². The number of hydrogen-bond acceptors (Lipinski definition) is 4. The largest absolute Gasteiger partial charge is 0.383 e. The second kappa shape index (κ2) is 8.81. The van der Waals surface area contributed by atoms with E-state index in [9.17, 15) is 9.59 Å². The Morgan fingerprint density at radius 1 is 1.26 bits per heavy atom. The van der Waals surface area contributed by atoms with Crippen LogP contribution in [0.4, 0.5) is 10.5 Å². The van der Waals surface area contributed by atoms with Gasteiger partial charge in [-0.15, -0.1) is 0 Å². The van der Waals surface area contributed by atoms with Gasteiger partial charge in [0, 0.05) is 37.8 Å². The van der Waals surface area contributed by atoms with Gasteiger partial charge in [0.2, 0.25) is 5.91 Å². The van der Waals surface area contributed by atoms with Gasteiger partial charge in [-0.05, 0) is 31.9 Å². The molecule has 1 aromatic carbocycles. The van der Waals surface area contributed by atoms with Crippen LogP contribution in [0.15, 0.2) is 36.5 Å². The van der Waals surface area contributed by atoms with Crippen LogP contribution in [0.3, 0.4) is 0 Å². The minimum Gasteiger partial charge on any atom is -0.383 e. The molecule has 7 nitrogen and oxygen atoms in total. The second-order valence-electron chi connectivity index (χ2n) is 6.87. The fraction of sp³-hybridized carbons (Fsp3) is 0.450. The molecular formula is C20H26N4O3. The molecule has 2 aromatic rings. The molecule has 1 saturated heterocycles. The first-order valence-electron chi connectivity index (χ1n) is 9.28. The zero-order chi connectivity index (χ0) is 19.2. The Morgan fingerprint density at radius 2 is 2.07 bits per heavy atom. The SMILES string of the molecule is COCCNC(=O)[C@@H]1CC[C@H](C)N(C(=O)Nc2cccc3cccnc23)C1. The summed E-state index contributed by atoms with van der Waals surface area (Å²) in [6.07, 6.45) is 3.28. The van der Waals surface area contributed by atoms with Crippen LogP contribution in [0, 0.1) is 5.92 Å². The minimum absolute atomic E-state index is 0.0245. The van der Waals surface area contributed by atoms with Crippen molar-refractivity contribution in [2.45, 2.75) is 25.8 Å². The van der Waals surface area contributed by atoms with Crippen molar-refractivity contribution in [3.63, 3.8) is 0 Å². The zero-order valence-electron chi connectivity index (χ0n) is 15.8. The van der Waals surface area contributed by atoms with E-state index in [1.807, 2.05) is 37.3 Å². The van der Waals surface area contributed by atoms with E-state index in [0.717, 1.165) is 23.7 Å². The Bertz CT molecular complexity index is 805. The number of nitrogens with zero attached hydrogens (tertiary/aromatic N) is 2. The predicted octanol–water partition coefficient (Wildman–Crippen LogP) is 2.63. The molecule has 144 valence electrons. The average Bonchev–Trinajstić information content (AvgIpc) is 2.68. The number of aromatic nitrogens is 1. The van der Waals surface area contributed by atoms with Crippen molar-refractivity contribution in [2.24, 2.45) is 5.92 Å². The van der Waals surface area contributed by atoms with E-state index in [-0.39, 0.29) is 23.9 Å². The number of anilines is 1. The number of urea groups is 1. The highest BCUT2D eigenvalue weighted by atomic mass is 16.5. The maximum absolute atomic E-state index is 12.9. The Balaban J connectivity index is 1.68. The molecule has 3 rings (SSSR count). The van der Waals surface area contributed by atoms with Crippen LogP contribution >= 0.6 is 0 Å².